The maximum atomic E-state index is 12.0. The van der Waals surface area contributed by atoms with Gasteiger partial charge in [-0.05, 0) is 37.1 Å². The molecular weight excluding hydrogens is 264 g/mol. The van der Waals surface area contributed by atoms with Crippen molar-refractivity contribution in [2.24, 2.45) is 0 Å². The van der Waals surface area contributed by atoms with Gasteiger partial charge in [-0.2, -0.15) is 0 Å². The highest BCUT2D eigenvalue weighted by atomic mass is 35.5. The minimum absolute atomic E-state index is 0. The number of carbonyl (C=O) groups excluding carboxylic acids is 1. The van der Waals surface area contributed by atoms with Gasteiger partial charge in [0.25, 0.3) is 0 Å². The number of ether oxygens (including phenoxy) is 1. The Labute approximate surface area is 121 Å². The van der Waals surface area contributed by atoms with Crippen molar-refractivity contribution < 1.29 is 9.53 Å². The van der Waals surface area contributed by atoms with E-state index in [1.165, 1.54) is 0 Å². The summed E-state index contributed by atoms with van der Waals surface area (Å²) in [6, 6.07) is 6.12. The summed E-state index contributed by atoms with van der Waals surface area (Å²) in [6.07, 6.45) is 0. The molecule has 0 spiro atoms. The molecular formula is C14H23ClN2O2. The van der Waals surface area contributed by atoms with E-state index in [2.05, 4.69) is 11.4 Å². The number of rotatable bonds is 6. The van der Waals surface area contributed by atoms with E-state index < -0.39 is 0 Å². The molecule has 0 saturated carbocycles. The quantitative estimate of drug-likeness (QED) is 0.813. The van der Waals surface area contributed by atoms with E-state index in [-0.39, 0.29) is 18.3 Å². The molecule has 0 aliphatic carbocycles. The van der Waals surface area contributed by atoms with Crippen LogP contribution in [0.4, 0.5) is 5.69 Å². The number of hydrogen-bond donors (Lipinski definition) is 1. The maximum absolute atomic E-state index is 12.0. The van der Waals surface area contributed by atoms with Crippen molar-refractivity contribution in [2.45, 2.75) is 13.8 Å². The standard InChI is InChI=1S/C14H22N2O2.ClH/c1-11-7-12(2)9-13(8-11)16(3)14(17)10-15-5-6-18-4;/h7-9,15H,5-6,10H2,1-4H3;1H. The summed E-state index contributed by atoms with van der Waals surface area (Å²) in [6.45, 7) is 5.69. The highest BCUT2D eigenvalue weighted by Crippen LogP contribution is 2.17. The first-order valence-corrected chi connectivity index (χ1v) is 6.09. The third-order valence-electron chi connectivity index (χ3n) is 2.73. The number of aryl methyl sites for hydroxylation is 2. The van der Waals surface area contributed by atoms with Crippen LogP contribution in [0.2, 0.25) is 0 Å². The van der Waals surface area contributed by atoms with Crippen molar-refractivity contribution in [3.63, 3.8) is 0 Å². The Balaban J connectivity index is 0.00000324. The molecule has 19 heavy (non-hydrogen) atoms. The van der Waals surface area contributed by atoms with Crippen LogP contribution >= 0.6 is 12.4 Å². The number of benzene rings is 1. The van der Waals surface area contributed by atoms with Crippen molar-refractivity contribution >= 4 is 24.0 Å². The average molecular weight is 287 g/mol. The molecule has 0 fully saturated rings. The number of nitrogens with one attached hydrogen (secondary N) is 1. The second-order valence-corrected chi connectivity index (χ2v) is 4.47. The first kappa shape index (κ1) is 17.9. The minimum atomic E-state index is 0. The smallest absolute Gasteiger partial charge is 0.240 e. The number of anilines is 1. The molecule has 0 aliphatic rings. The summed E-state index contributed by atoms with van der Waals surface area (Å²) < 4.78 is 4.91. The van der Waals surface area contributed by atoms with Gasteiger partial charge in [0.2, 0.25) is 5.91 Å². The molecule has 0 bridgehead atoms. The van der Waals surface area contributed by atoms with Crippen LogP contribution in [0.3, 0.4) is 0 Å². The molecule has 1 aromatic rings. The van der Waals surface area contributed by atoms with Crippen LogP contribution in [0, 0.1) is 13.8 Å². The Morgan fingerprint density at radius 1 is 1.26 bits per heavy atom. The molecule has 0 atom stereocenters. The Morgan fingerprint density at radius 2 is 1.84 bits per heavy atom. The van der Waals surface area contributed by atoms with Crippen LogP contribution < -0.4 is 10.2 Å². The summed E-state index contributed by atoms with van der Waals surface area (Å²) >= 11 is 0. The van der Waals surface area contributed by atoms with Crippen LogP contribution in [0.15, 0.2) is 18.2 Å². The molecule has 0 radical (unpaired) electrons. The molecule has 0 unspecified atom stereocenters. The van der Waals surface area contributed by atoms with Gasteiger partial charge < -0.3 is 15.0 Å². The minimum Gasteiger partial charge on any atom is -0.383 e. The zero-order valence-electron chi connectivity index (χ0n) is 12.0. The number of nitrogens with zero attached hydrogens (tertiary/aromatic N) is 1. The summed E-state index contributed by atoms with van der Waals surface area (Å²) in [5.74, 6) is 0.0519. The summed E-state index contributed by atoms with van der Waals surface area (Å²) in [4.78, 5) is 13.6. The second-order valence-electron chi connectivity index (χ2n) is 4.47. The highest BCUT2D eigenvalue weighted by molar-refractivity contribution is 5.94. The van der Waals surface area contributed by atoms with Crippen molar-refractivity contribution in [1.82, 2.24) is 5.32 Å². The summed E-state index contributed by atoms with van der Waals surface area (Å²) in [5, 5.41) is 3.05. The molecule has 1 rings (SSSR count). The Morgan fingerprint density at radius 3 is 2.37 bits per heavy atom. The van der Waals surface area contributed by atoms with Crippen molar-refractivity contribution in [1.29, 1.82) is 0 Å². The van der Waals surface area contributed by atoms with Gasteiger partial charge in [-0.25, -0.2) is 0 Å². The van der Waals surface area contributed by atoms with Gasteiger partial charge in [0, 0.05) is 26.4 Å². The van der Waals surface area contributed by atoms with Gasteiger partial charge in [-0.3, -0.25) is 4.79 Å². The number of likely N-dealkylation sites (N-methyl/N-ethyl adjacent to an activating group) is 1. The maximum Gasteiger partial charge on any atom is 0.240 e. The molecule has 0 aliphatic heterocycles. The molecule has 0 heterocycles. The normalized spacial score (nSPS) is 9.89. The van der Waals surface area contributed by atoms with Crippen LogP contribution in [0.1, 0.15) is 11.1 Å². The molecule has 1 amide bonds. The van der Waals surface area contributed by atoms with Gasteiger partial charge >= 0.3 is 0 Å². The number of amides is 1. The average Bonchev–Trinajstić information content (AvgIpc) is 2.32. The van der Waals surface area contributed by atoms with Crippen LogP contribution in [-0.2, 0) is 9.53 Å². The predicted octanol–water partition coefficient (Wildman–Crippen LogP) is 1.92. The monoisotopic (exact) mass is 286 g/mol. The third kappa shape index (κ3) is 6.05. The molecule has 1 aromatic carbocycles. The van der Waals surface area contributed by atoms with E-state index in [1.54, 1.807) is 19.1 Å². The summed E-state index contributed by atoms with van der Waals surface area (Å²) in [7, 11) is 3.44. The van der Waals surface area contributed by atoms with E-state index >= 15 is 0 Å². The number of carbonyl (C=O) groups is 1. The lowest BCUT2D eigenvalue weighted by Crippen LogP contribution is -2.36. The van der Waals surface area contributed by atoms with Gasteiger partial charge in [0.1, 0.15) is 0 Å². The topological polar surface area (TPSA) is 41.6 Å². The highest BCUT2D eigenvalue weighted by Gasteiger charge is 2.10. The van der Waals surface area contributed by atoms with Gasteiger partial charge in [-0.15, -0.1) is 12.4 Å². The Hall–Kier alpha value is -1.10. The molecule has 1 N–H and O–H groups in total. The Kier molecular flexibility index (Phi) is 8.39. The third-order valence-corrected chi connectivity index (χ3v) is 2.73. The lowest BCUT2D eigenvalue weighted by atomic mass is 10.1. The number of methoxy groups -OCH3 is 1. The van der Waals surface area contributed by atoms with Crippen molar-refractivity contribution in [3.8, 4) is 0 Å². The molecule has 0 saturated heterocycles. The number of halogens is 1. The van der Waals surface area contributed by atoms with E-state index in [9.17, 15) is 4.79 Å². The first-order chi connectivity index (χ1) is 8.54. The zero-order valence-corrected chi connectivity index (χ0v) is 12.8. The molecule has 4 nitrogen and oxygen atoms in total. The molecule has 5 heteroatoms. The van der Waals surface area contributed by atoms with Gasteiger partial charge in [0.05, 0.1) is 13.2 Å². The van der Waals surface area contributed by atoms with Gasteiger partial charge in [-0.1, -0.05) is 6.07 Å². The van der Waals surface area contributed by atoms with Crippen LogP contribution in [0.5, 0.6) is 0 Å². The SMILES string of the molecule is COCCNCC(=O)N(C)c1cc(C)cc(C)c1.Cl. The lowest BCUT2D eigenvalue weighted by molar-refractivity contribution is -0.117. The van der Waals surface area contributed by atoms with E-state index in [0.29, 0.717) is 19.7 Å². The first-order valence-electron chi connectivity index (χ1n) is 6.09. The van der Waals surface area contributed by atoms with Crippen molar-refractivity contribution in [3.05, 3.63) is 29.3 Å². The lowest BCUT2D eigenvalue weighted by Gasteiger charge is -2.19. The molecule has 0 aromatic heterocycles. The fraction of sp³-hybridized carbons (Fsp3) is 0.500. The molecule has 108 valence electrons. The van der Waals surface area contributed by atoms with Crippen LogP contribution in [-0.4, -0.2) is 39.8 Å². The number of hydrogen-bond acceptors (Lipinski definition) is 3. The van der Waals surface area contributed by atoms with E-state index in [1.807, 2.05) is 26.0 Å². The fourth-order valence-corrected chi connectivity index (χ4v) is 1.78. The predicted molar refractivity (Wildman–Crippen MR) is 81.3 cm³/mol. The second kappa shape index (κ2) is 8.91. The van der Waals surface area contributed by atoms with E-state index in [0.717, 1.165) is 16.8 Å². The van der Waals surface area contributed by atoms with E-state index in [4.69, 9.17) is 4.74 Å². The fourth-order valence-electron chi connectivity index (χ4n) is 1.78. The van der Waals surface area contributed by atoms with Crippen molar-refractivity contribution in [2.75, 3.05) is 38.8 Å². The summed E-state index contributed by atoms with van der Waals surface area (Å²) in [5.41, 5.74) is 3.26. The largest absolute Gasteiger partial charge is 0.383 e. The van der Waals surface area contributed by atoms with Crippen LogP contribution in [0.25, 0.3) is 0 Å². The van der Waals surface area contributed by atoms with Gasteiger partial charge in [0.15, 0.2) is 0 Å². The Bertz CT molecular complexity index is 390. The zero-order chi connectivity index (χ0) is 13.5.